The lowest BCUT2D eigenvalue weighted by atomic mass is 10.00. The summed E-state index contributed by atoms with van der Waals surface area (Å²) in [7, 11) is -4.61. The van der Waals surface area contributed by atoms with Gasteiger partial charge in [0.25, 0.3) is 10.1 Å². The average molecular weight is 827 g/mol. The van der Waals surface area contributed by atoms with E-state index in [1.165, 1.54) is 64.2 Å². The second-order valence-electron chi connectivity index (χ2n) is 14.6. The molecular formula is C44H74O12S. The van der Waals surface area contributed by atoms with Crippen LogP contribution in [-0.2, 0) is 38.7 Å². The molecule has 6 atom stereocenters. The van der Waals surface area contributed by atoms with Crippen LogP contribution in [0, 0.1) is 0 Å². The van der Waals surface area contributed by atoms with Gasteiger partial charge < -0.3 is 34.3 Å². The lowest BCUT2D eigenvalue weighted by Gasteiger charge is -2.40. The Balaban J connectivity index is 2.54. The molecular weight excluding hydrogens is 753 g/mol. The van der Waals surface area contributed by atoms with Gasteiger partial charge in [-0.25, -0.2) is 0 Å². The minimum absolute atomic E-state index is 0.0685. The molecule has 0 spiro atoms. The van der Waals surface area contributed by atoms with Crippen molar-refractivity contribution in [1.82, 2.24) is 0 Å². The maximum absolute atomic E-state index is 12.7. The third-order valence-corrected chi connectivity index (χ3v) is 10.1. The van der Waals surface area contributed by atoms with Crippen LogP contribution in [0.2, 0.25) is 0 Å². The number of aliphatic hydroxyl groups excluding tert-OH is 3. The highest BCUT2D eigenvalue weighted by atomic mass is 32.2. The third kappa shape index (κ3) is 29.2. The summed E-state index contributed by atoms with van der Waals surface area (Å²) in [4.78, 5) is 25.3. The topological polar surface area (TPSA) is 186 Å². The fourth-order valence-corrected chi connectivity index (χ4v) is 6.80. The van der Waals surface area contributed by atoms with Crippen LogP contribution < -0.4 is 0 Å². The van der Waals surface area contributed by atoms with Gasteiger partial charge in [0, 0.05) is 6.42 Å². The SMILES string of the molecule is CC/C=C\C/C=C\C/C=C\C/C=C\C/C=C\CC(=O)OC(COC(=O)CCCCCCCCCCCCCCCC)COC1OC(CS(=O)(=O)O)C(O)C(O)C1O. The Bertz CT molecular complexity index is 1290. The molecule has 0 aromatic carbocycles. The molecule has 13 heteroatoms. The zero-order valence-corrected chi connectivity index (χ0v) is 35.5. The lowest BCUT2D eigenvalue weighted by molar-refractivity contribution is -0.297. The van der Waals surface area contributed by atoms with Crippen molar-refractivity contribution >= 4 is 22.1 Å². The molecule has 1 fully saturated rings. The number of esters is 2. The highest BCUT2D eigenvalue weighted by molar-refractivity contribution is 7.85. The fraction of sp³-hybridized carbons (Fsp3) is 0.727. The summed E-state index contributed by atoms with van der Waals surface area (Å²) in [6, 6.07) is 0. The molecule has 4 N–H and O–H groups in total. The summed E-state index contributed by atoms with van der Waals surface area (Å²) < 4.78 is 53.8. The Morgan fingerprint density at radius 2 is 1.09 bits per heavy atom. The molecule has 57 heavy (non-hydrogen) atoms. The number of rotatable bonds is 34. The van der Waals surface area contributed by atoms with E-state index in [0.29, 0.717) is 12.8 Å². The number of ether oxygens (including phenoxy) is 4. The van der Waals surface area contributed by atoms with E-state index >= 15 is 0 Å². The fourth-order valence-electron chi connectivity index (χ4n) is 6.10. The number of allylic oxidation sites excluding steroid dienone is 9. The summed E-state index contributed by atoms with van der Waals surface area (Å²) in [6.07, 6.45) is 31.6. The highest BCUT2D eigenvalue weighted by Gasteiger charge is 2.46. The van der Waals surface area contributed by atoms with Gasteiger partial charge in [0.1, 0.15) is 36.8 Å². The molecule has 0 aromatic heterocycles. The minimum atomic E-state index is -4.61. The van der Waals surface area contributed by atoms with Gasteiger partial charge in [-0.05, 0) is 38.5 Å². The summed E-state index contributed by atoms with van der Waals surface area (Å²) >= 11 is 0. The molecule has 0 radical (unpaired) electrons. The molecule has 1 aliphatic rings. The van der Waals surface area contributed by atoms with E-state index in [2.05, 4.69) is 50.3 Å². The number of aliphatic hydroxyl groups is 3. The first-order valence-corrected chi connectivity index (χ1v) is 23.0. The van der Waals surface area contributed by atoms with Gasteiger partial charge in [-0.15, -0.1) is 0 Å². The first-order valence-electron chi connectivity index (χ1n) is 21.3. The van der Waals surface area contributed by atoms with E-state index in [4.69, 9.17) is 18.9 Å². The summed E-state index contributed by atoms with van der Waals surface area (Å²) in [5.41, 5.74) is 0. The van der Waals surface area contributed by atoms with Crippen molar-refractivity contribution in [1.29, 1.82) is 0 Å². The molecule has 0 aliphatic carbocycles. The minimum Gasteiger partial charge on any atom is -0.462 e. The Morgan fingerprint density at radius 3 is 1.58 bits per heavy atom. The molecule has 1 rings (SSSR count). The van der Waals surface area contributed by atoms with Crippen LogP contribution in [-0.4, -0.2) is 96.0 Å². The smallest absolute Gasteiger partial charge is 0.310 e. The van der Waals surface area contributed by atoms with Crippen molar-refractivity contribution in [2.45, 2.75) is 185 Å². The molecule has 0 amide bonds. The van der Waals surface area contributed by atoms with E-state index in [1.54, 1.807) is 6.08 Å². The van der Waals surface area contributed by atoms with Crippen LogP contribution in [0.4, 0.5) is 0 Å². The summed E-state index contributed by atoms with van der Waals surface area (Å²) in [5, 5.41) is 30.8. The van der Waals surface area contributed by atoms with Gasteiger partial charge in [0.05, 0.1) is 13.0 Å². The molecule has 0 saturated carbocycles. The zero-order valence-electron chi connectivity index (χ0n) is 34.7. The first-order chi connectivity index (χ1) is 27.5. The Morgan fingerprint density at radius 1 is 0.614 bits per heavy atom. The number of unbranched alkanes of at least 4 members (excludes halogenated alkanes) is 13. The van der Waals surface area contributed by atoms with Gasteiger partial charge in [-0.2, -0.15) is 8.42 Å². The second-order valence-corrected chi connectivity index (χ2v) is 16.1. The van der Waals surface area contributed by atoms with E-state index in [0.717, 1.165) is 44.9 Å². The van der Waals surface area contributed by atoms with E-state index in [1.807, 2.05) is 18.2 Å². The van der Waals surface area contributed by atoms with Crippen molar-refractivity contribution in [3.05, 3.63) is 60.8 Å². The van der Waals surface area contributed by atoms with Crippen LogP contribution in [0.3, 0.4) is 0 Å². The predicted molar refractivity (Wildman–Crippen MR) is 224 cm³/mol. The Hall–Kier alpha value is -2.65. The van der Waals surface area contributed by atoms with E-state index in [-0.39, 0.29) is 19.4 Å². The molecule has 0 bridgehead atoms. The Labute approximate surface area is 343 Å². The normalized spacial score (nSPS) is 21.1. The zero-order chi connectivity index (χ0) is 42.0. The van der Waals surface area contributed by atoms with Crippen molar-refractivity contribution in [3.8, 4) is 0 Å². The van der Waals surface area contributed by atoms with Gasteiger partial charge in [-0.1, -0.05) is 158 Å². The van der Waals surface area contributed by atoms with Gasteiger partial charge in [0.15, 0.2) is 12.4 Å². The molecule has 6 unspecified atom stereocenters. The number of hydrogen-bond donors (Lipinski definition) is 4. The number of carbonyl (C=O) groups is 2. The molecule has 1 heterocycles. The largest absolute Gasteiger partial charge is 0.462 e. The van der Waals surface area contributed by atoms with Gasteiger partial charge >= 0.3 is 11.9 Å². The number of carbonyl (C=O) groups excluding carboxylic acids is 2. The summed E-state index contributed by atoms with van der Waals surface area (Å²) in [6.45, 7) is 3.55. The van der Waals surface area contributed by atoms with Crippen molar-refractivity contribution in [2.75, 3.05) is 19.0 Å². The molecule has 1 aliphatic heterocycles. The lowest BCUT2D eigenvalue weighted by Crippen LogP contribution is -2.60. The maximum Gasteiger partial charge on any atom is 0.310 e. The molecule has 328 valence electrons. The van der Waals surface area contributed by atoms with Crippen LogP contribution >= 0.6 is 0 Å². The monoisotopic (exact) mass is 826 g/mol. The number of hydrogen-bond acceptors (Lipinski definition) is 11. The van der Waals surface area contributed by atoms with E-state index in [9.17, 15) is 37.9 Å². The van der Waals surface area contributed by atoms with Crippen LogP contribution in [0.1, 0.15) is 149 Å². The molecule has 12 nitrogen and oxygen atoms in total. The maximum atomic E-state index is 12.7. The van der Waals surface area contributed by atoms with Crippen molar-refractivity contribution in [2.24, 2.45) is 0 Å². The predicted octanol–water partition coefficient (Wildman–Crippen LogP) is 8.17. The van der Waals surface area contributed by atoms with Gasteiger partial charge in [-0.3, -0.25) is 14.1 Å². The Kier molecular flexibility index (Phi) is 31.5. The quantitative estimate of drug-likeness (QED) is 0.0211. The van der Waals surface area contributed by atoms with E-state index < -0.39 is 71.2 Å². The first kappa shape index (κ1) is 52.4. The highest BCUT2D eigenvalue weighted by Crippen LogP contribution is 2.24. The van der Waals surface area contributed by atoms with Crippen LogP contribution in [0.15, 0.2) is 60.8 Å². The van der Waals surface area contributed by atoms with Crippen molar-refractivity contribution < 1.29 is 56.8 Å². The standard InChI is InChI=1S/C44H74O12S/c1-3-5-7-9-11-13-15-17-19-21-23-25-27-29-31-33-40(46)55-37(35-54-44-43(49)42(48)41(47)38(56-44)36-57(50,51)52)34-53-39(45)32-30-28-26-24-22-20-18-16-14-12-10-8-6-4-2/h5,7,11,13,17,19,23,25,29,31,37-38,41-44,47-49H,3-4,6,8-10,12,14-16,18,20-22,24,26-28,30,32-36H2,1-2H3,(H,50,51,52)/b7-5-,13-11-,19-17-,25-23-,31-29-. The summed E-state index contributed by atoms with van der Waals surface area (Å²) in [5.74, 6) is -2.15. The average Bonchev–Trinajstić information content (AvgIpc) is 3.17. The van der Waals surface area contributed by atoms with Crippen LogP contribution in [0.5, 0.6) is 0 Å². The molecule has 0 aromatic rings. The van der Waals surface area contributed by atoms with Crippen LogP contribution in [0.25, 0.3) is 0 Å². The molecule has 1 saturated heterocycles. The van der Waals surface area contributed by atoms with Gasteiger partial charge in [0.2, 0.25) is 0 Å². The second kappa shape index (κ2) is 34.2. The third-order valence-electron chi connectivity index (χ3n) is 9.39. The van der Waals surface area contributed by atoms with Crippen molar-refractivity contribution in [3.63, 3.8) is 0 Å².